The van der Waals surface area contributed by atoms with Crippen molar-refractivity contribution in [1.29, 1.82) is 0 Å². The van der Waals surface area contributed by atoms with E-state index in [1.807, 2.05) is 37.3 Å². The highest BCUT2D eigenvalue weighted by Gasteiger charge is 2.27. The molecule has 1 aromatic carbocycles. The first-order valence-corrected chi connectivity index (χ1v) is 9.31. The third-order valence-corrected chi connectivity index (χ3v) is 6.13. The maximum Gasteiger partial charge on any atom is 0.267 e. The van der Waals surface area contributed by atoms with Crippen LogP contribution < -0.4 is 5.32 Å². The summed E-state index contributed by atoms with van der Waals surface area (Å²) in [5.74, 6) is 0.636. The predicted molar refractivity (Wildman–Crippen MR) is 90.5 cm³/mol. The van der Waals surface area contributed by atoms with Crippen LogP contribution in [0.15, 0.2) is 30.3 Å². The quantitative estimate of drug-likeness (QED) is 0.910. The number of hydrogen-bond donors (Lipinski definition) is 2. The van der Waals surface area contributed by atoms with E-state index in [2.05, 4.69) is 10.3 Å². The minimum atomic E-state index is -0.765. The fourth-order valence-corrected chi connectivity index (χ4v) is 4.56. The van der Waals surface area contributed by atoms with E-state index in [4.69, 9.17) is 0 Å². The molecule has 0 saturated heterocycles. The Morgan fingerprint density at radius 3 is 2.95 bits per heavy atom. The third-order valence-electron chi connectivity index (χ3n) is 4.39. The summed E-state index contributed by atoms with van der Waals surface area (Å²) in [6, 6.07) is 9.88. The monoisotopic (exact) mass is 318 g/mol. The van der Waals surface area contributed by atoms with Crippen LogP contribution in [0, 0.1) is 0 Å². The first-order chi connectivity index (χ1) is 10.7. The van der Waals surface area contributed by atoms with Crippen LogP contribution in [0.3, 0.4) is 0 Å². The van der Waals surface area contributed by atoms with Crippen LogP contribution in [0.25, 0.3) is 10.9 Å². The standard InChI is InChI=1S/C17H22N2O2S/c1-2-22(21)14-8-5-7-13(11-14)18-17(20)16-10-12-6-3-4-9-15(12)19-16/h3-4,6,9-10,13-14,19H,2,5,7-8,11H2,1H3,(H,18,20). The second-order valence-electron chi connectivity index (χ2n) is 5.90. The molecule has 118 valence electrons. The summed E-state index contributed by atoms with van der Waals surface area (Å²) in [4.78, 5) is 15.6. The van der Waals surface area contributed by atoms with Gasteiger partial charge in [-0.25, -0.2) is 0 Å². The van der Waals surface area contributed by atoms with Crippen LogP contribution in [0.2, 0.25) is 0 Å². The Kier molecular flexibility index (Phi) is 4.62. The van der Waals surface area contributed by atoms with Gasteiger partial charge in [0.1, 0.15) is 5.69 Å². The predicted octanol–water partition coefficient (Wildman–Crippen LogP) is 2.98. The molecule has 4 nitrogen and oxygen atoms in total. The summed E-state index contributed by atoms with van der Waals surface area (Å²) in [5.41, 5.74) is 1.57. The van der Waals surface area contributed by atoms with Crippen molar-refractivity contribution in [2.75, 3.05) is 5.75 Å². The molecule has 5 heteroatoms. The Morgan fingerprint density at radius 2 is 2.18 bits per heavy atom. The molecule has 1 aromatic heterocycles. The molecule has 3 unspecified atom stereocenters. The molecule has 1 aliphatic carbocycles. The average Bonchev–Trinajstić information content (AvgIpc) is 2.98. The topological polar surface area (TPSA) is 62.0 Å². The number of nitrogens with one attached hydrogen (secondary N) is 2. The van der Waals surface area contributed by atoms with Crippen LogP contribution >= 0.6 is 0 Å². The maximum atomic E-state index is 12.4. The molecule has 3 atom stereocenters. The Hall–Kier alpha value is -1.62. The highest BCUT2D eigenvalue weighted by molar-refractivity contribution is 7.85. The number of carbonyl (C=O) groups is 1. The van der Waals surface area contributed by atoms with E-state index < -0.39 is 10.8 Å². The van der Waals surface area contributed by atoms with Crippen molar-refractivity contribution in [3.05, 3.63) is 36.0 Å². The number of para-hydroxylation sites is 1. The largest absolute Gasteiger partial charge is 0.351 e. The molecule has 1 heterocycles. The van der Waals surface area contributed by atoms with E-state index in [9.17, 15) is 9.00 Å². The Labute approximate surface area is 133 Å². The van der Waals surface area contributed by atoms with Gasteiger partial charge in [0.2, 0.25) is 0 Å². The summed E-state index contributed by atoms with van der Waals surface area (Å²) < 4.78 is 12.0. The molecule has 1 amide bonds. The van der Waals surface area contributed by atoms with Crippen molar-refractivity contribution in [3.63, 3.8) is 0 Å². The minimum absolute atomic E-state index is 0.0656. The lowest BCUT2D eigenvalue weighted by molar-refractivity contribution is 0.0924. The van der Waals surface area contributed by atoms with Crippen molar-refractivity contribution in [2.45, 2.75) is 43.9 Å². The molecule has 1 aliphatic rings. The van der Waals surface area contributed by atoms with Gasteiger partial charge in [-0.3, -0.25) is 9.00 Å². The van der Waals surface area contributed by atoms with E-state index in [1.54, 1.807) is 0 Å². The highest BCUT2D eigenvalue weighted by atomic mass is 32.2. The second kappa shape index (κ2) is 6.65. The molecule has 0 bridgehead atoms. The fourth-order valence-electron chi connectivity index (χ4n) is 3.21. The molecular weight excluding hydrogens is 296 g/mol. The Bertz CT molecular complexity index is 662. The number of benzene rings is 1. The van der Waals surface area contributed by atoms with Gasteiger partial charge in [0.15, 0.2) is 0 Å². The van der Waals surface area contributed by atoms with Crippen LogP contribution in [0.4, 0.5) is 0 Å². The van der Waals surface area contributed by atoms with Crippen LogP contribution in [0.1, 0.15) is 43.1 Å². The number of fused-ring (bicyclic) bond motifs is 1. The number of H-pyrrole nitrogens is 1. The summed E-state index contributed by atoms with van der Waals surface area (Å²) >= 11 is 0. The molecule has 22 heavy (non-hydrogen) atoms. The lowest BCUT2D eigenvalue weighted by Gasteiger charge is -2.28. The van der Waals surface area contributed by atoms with E-state index in [-0.39, 0.29) is 17.2 Å². The fraction of sp³-hybridized carbons (Fsp3) is 0.471. The molecule has 0 radical (unpaired) electrons. The first-order valence-electron chi connectivity index (χ1n) is 7.93. The van der Waals surface area contributed by atoms with Gasteiger partial charge < -0.3 is 10.3 Å². The summed E-state index contributed by atoms with van der Waals surface area (Å²) in [6.45, 7) is 1.96. The molecule has 2 aromatic rings. The summed E-state index contributed by atoms with van der Waals surface area (Å²) in [7, 11) is -0.765. The number of carbonyl (C=O) groups excluding carboxylic acids is 1. The highest BCUT2D eigenvalue weighted by Crippen LogP contribution is 2.23. The molecule has 2 N–H and O–H groups in total. The van der Waals surface area contributed by atoms with Crippen molar-refractivity contribution in [1.82, 2.24) is 10.3 Å². The van der Waals surface area contributed by atoms with Crippen molar-refractivity contribution < 1.29 is 9.00 Å². The van der Waals surface area contributed by atoms with Crippen LogP contribution in [-0.4, -0.2) is 32.1 Å². The van der Waals surface area contributed by atoms with Gasteiger partial charge in [0.05, 0.1) is 0 Å². The van der Waals surface area contributed by atoms with Crippen molar-refractivity contribution in [2.24, 2.45) is 0 Å². The SMILES string of the molecule is CCS(=O)C1CCCC(NC(=O)c2cc3ccccc3[nH]2)C1. The van der Waals surface area contributed by atoms with Gasteiger partial charge in [-0.1, -0.05) is 31.5 Å². The average molecular weight is 318 g/mol. The van der Waals surface area contributed by atoms with Gasteiger partial charge in [-0.2, -0.15) is 0 Å². The Morgan fingerprint density at radius 1 is 1.36 bits per heavy atom. The minimum Gasteiger partial charge on any atom is -0.351 e. The summed E-state index contributed by atoms with van der Waals surface area (Å²) in [6.07, 6.45) is 3.85. The van der Waals surface area contributed by atoms with Crippen LogP contribution in [-0.2, 0) is 10.8 Å². The normalized spacial score (nSPS) is 23.3. The first kappa shape index (κ1) is 15.3. The molecule has 1 fully saturated rings. The lowest BCUT2D eigenvalue weighted by atomic mass is 9.95. The number of amides is 1. The smallest absolute Gasteiger partial charge is 0.267 e. The van der Waals surface area contributed by atoms with Crippen molar-refractivity contribution >= 4 is 27.6 Å². The van der Waals surface area contributed by atoms with E-state index >= 15 is 0 Å². The van der Waals surface area contributed by atoms with Gasteiger partial charge in [-0.05, 0) is 31.4 Å². The zero-order valence-corrected chi connectivity index (χ0v) is 13.6. The van der Waals surface area contributed by atoms with E-state index in [0.717, 1.165) is 36.6 Å². The number of aromatic amines is 1. The van der Waals surface area contributed by atoms with Gasteiger partial charge >= 0.3 is 0 Å². The second-order valence-corrected chi connectivity index (χ2v) is 7.90. The van der Waals surface area contributed by atoms with Crippen molar-refractivity contribution in [3.8, 4) is 0 Å². The van der Waals surface area contributed by atoms with Crippen LogP contribution in [0.5, 0.6) is 0 Å². The molecular formula is C17H22N2O2S. The number of hydrogen-bond acceptors (Lipinski definition) is 2. The maximum absolute atomic E-state index is 12.4. The lowest BCUT2D eigenvalue weighted by Crippen LogP contribution is -2.41. The Balaban J connectivity index is 1.67. The zero-order valence-electron chi connectivity index (χ0n) is 12.8. The van der Waals surface area contributed by atoms with Gasteiger partial charge in [0.25, 0.3) is 5.91 Å². The third kappa shape index (κ3) is 3.24. The molecule has 3 rings (SSSR count). The van der Waals surface area contributed by atoms with Gasteiger partial charge in [0, 0.05) is 38.7 Å². The molecule has 0 aliphatic heterocycles. The number of rotatable bonds is 4. The summed E-state index contributed by atoms with van der Waals surface area (Å²) in [5, 5.41) is 4.37. The van der Waals surface area contributed by atoms with E-state index in [0.29, 0.717) is 11.4 Å². The molecule has 1 saturated carbocycles. The van der Waals surface area contributed by atoms with E-state index in [1.165, 1.54) is 0 Å². The number of aromatic nitrogens is 1. The molecule has 0 spiro atoms. The van der Waals surface area contributed by atoms with Gasteiger partial charge in [-0.15, -0.1) is 0 Å². The zero-order chi connectivity index (χ0) is 15.5.